The SMILES string of the molecule is CCn1ncnc1CSc1cccc(N)c1C. The third-order valence-corrected chi connectivity index (χ3v) is 3.83. The molecule has 0 fully saturated rings. The van der Waals surface area contributed by atoms with Crippen LogP contribution in [-0.4, -0.2) is 14.8 Å². The van der Waals surface area contributed by atoms with Crippen LogP contribution in [0, 0.1) is 6.92 Å². The zero-order valence-corrected chi connectivity index (χ0v) is 10.9. The highest BCUT2D eigenvalue weighted by Gasteiger charge is 2.06. The van der Waals surface area contributed by atoms with E-state index in [1.54, 1.807) is 18.1 Å². The summed E-state index contributed by atoms with van der Waals surface area (Å²) in [6.45, 7) is 4.96. The summed E-state index contributed by atoms with van der Waals surface area (Å²) in [5, 5.41) is 4.15. The molecule has 90 valence electrons. The van der Waals surface area contributed by atoms with Crippen LogP contribution < -0.4 is 5.73 Å². The molecule has 1 aromatic carbocycles. The first kappa shape index (κ1) is 12.0. The van der Waals surface area contributed by atoms with E-state index < -0.39 is 0 Å². The molecule has 0 aliphatic heterocycles. The van der Waals surface area contributed by atoms with Gasteiger partial charge < -0.3 is 5.73 Å². The van der Waals surface area contributed by atoms with Gasteiger partial charge in [-0.25, -0.2) is 9.67 Å². The smallest absolute Gasteiger partial charge is 0.138 e. The molecule has 0 aliphatic carbocycles. The first-order valence-electron chi connectivity index (χ1n) is 5.57. The number of thioether (sulfide) groups is 1. The molecule has 1 heterocycles. The predicted octanol–water partition coefficient (Wildman–Crippen LogP) is 2.48. The quantitative estimate of drug-likeness (QED) is 0.667. The van der Waals surface area contributed by atoms with Crippen molar-refractivity contribution in [2.75, 3.05) is 5.73 Å². The Labute approximate surface area is 105 Å². The molecule has 2 N–H and O–H groups in total. The molecule has 0 atom stereocenters. The fourth-order valence-corrected chi connectivity index (χ4v) is 2.61. The van der Waals surface area contributed by atoms with Gasteiger partial charge in [0.15, 0.2) is 0 Å². The van der Waals surface area contributed by atoms with Gasteiger partial charge in [0.05, 0.1) is 5.75 Å². The number of benzene rings is 1. The third kappa shape index (κ3) is 2.61. The second-order valence-electron chi connectivity index (χ2n) is 3.75. The van der Waals surface area contributed by atoms with Crippen molar-refractivity contribution in [3.63, 3.8) is 0 Å². The van der Waals surface area contributed by atoms with Crippen LogP contribution in [0.2, 0.25) is 0 Å². The Balaban J connectivity index is 2.10. The van der Waals surface area contributed by atoms with Gasteiger partial charge in [-0.05, 0) is 31.5 Å². The van der Waals surface area contributed by atoms with Gasteiger partial charge in [-0.15, -0.1) is 11.8 Å². The number of anilines is 1. The Morgan fingerprint density at radius 2 is 2.24 bits per heavy atom. The summed E-state index contributed by atoms with van der Waals surface area (Å²) in [6.07, 6.45) is 1.60. The van der Waals surface area contributed by atoms with Gasteiger partial charge in [0.2, 0.25) is 0 Å². The summed E-state index contributed by atoms with van der Waals surface area (Å²) in [5.41, 5.74) is 7.86. The highest BCUT2D eigenvalue weighted by Crippen LogP contribution is 2.28. The van der Waals surface area contributed by atoms with Gasteiger partial charge in [-0.1, -0.05) is 6.07 Å². The highest BCUT2D eigenvalue weighted by atomic mass is 32.2. The minimum absolute atomic E-state index is 0.818. The number of rotatable bonds is 4. The number of nitrogens with two attached hydrogens (primary N) is 1. The second-order valence-corrected chi connectivity index (χ2v) is 4.77. The van der Waals surface area contributed by atoms with Gasteiger partial charge in [-0.2, -0.15) is 5.10 Å². The normalized spacial score (nSPS) is 10.7. The average Bonchev–Trinajstić information content (AvgIpc) is 2.78. The van der Waals surface area contributed by atoms with Crippen molar-refractivity contribution < 1.29 is 0 Å². The fourth-order valence-electron chi connectivity index (χ4n) is 1.59. The topological polar surface area (TPSA) is 56.7 Å². The summed E-state index contributed by atoms with van der Waals surface area (Å²) < 4.78 is 1.91. The lowest BCUT2D eigenvalue weighted by atomic mass is 10.2. The molecule has 5 heteroatoms. The molecule has 0 radical (unpaired) electrons. The van der Waals surface area contributed by atoms with Crippen molar-refractivity contribution >= 4 is 17.4 Å². The summed E-state index contributed by atoms with van der Waals surface area (Å²) in [6, 6.07) is 5.99. The number of hydrogen-bond acceptors (Lipinski definition) is 4. The van der Waals surface area contributed by atoms with Crippen molar-refractivity contribution in [2.24, 2.45) is 0 Å². The minimum Gasteiger partial charge on any atom is -0.398 e. The lowest BCUT2D eigenvalue weighted by Gasteiger charge is -2.07. The van der Waals surface area contributed by atoms with E-state index in [0.717, 1.165) is 29.4 Å². The molecule has 17 heavy (non-hydrogen) atoms. The molecule has 4 nitrogen and oxygen atoms in total. The Morgan fingerprint density at radius 1 is 1.41 bits per heavy atom. The minimum atomic E-state index is 0.818. The van der Waals surface area contributed by atoms with E-state index in [1.807, 2.05) is 23.7 Å². The van der Waals surface area contributed by atoms with E-state index in [2.05, 4.69) is 23.1 Å². The molecule has 2 rings (SSSR count). The van der Waals surface area contributed by atoms with Gasteiger partial charge in [0, 0.05) is 17.1 Å². The summed E-state index contributed by atoms with van der Waals surface area (Å²) >= 11 is 1.75. The largest absolute Gasteiger partial charge is 0.398 e. The molecule has 0 aliphatic rings. The van der Waals surface area contributed by atoms with Crippen LogP contribution in [0.5, 0.6) is 0 Å². The first-order valence-corrected chi connectivity index (χ1v) is 6.55. The van der Waals surface area contributed by atoms with Crippen LogP contribution in [0.25, 0.3) is 0 Å². The van der Waals surface area contributed by atoms with E-state index in [0.29, 0.717) is 0 Å². The molecule has 1 aromatic heterocycles. The van der Waals surface area contributed by atoms with Gasteiger partial charge in [0.25, 0.3) is 0 Å². The van der Waals surface area contributed by atoms with Crippen LogP contribution in [0.1, 0.15) is 18.3 Å². The maximum Gasteiger partial charge on any atom is 0.138 e. The van der Waals surface area contributed by atoms with E-state index >= 15 is 0 Å². The number of aromatic nitrogens is 3. The van der Waals surface area contributed by atoms with Crippen molar-refractivity contribution in [3.8, 4) is 0 Å². The molecule has 0 unspecified atom stereocenters. The molecule has 2 aromatic rings. The zero-order chi connectivity index (χ0) is 12.3. The molecule has 0 saturated heterocycles. The van der Waals surface area contributed by atoms with Crippen LogP contribution in [-0.2, 0) is 12.3 Å². The lowest BCUT2D eigenvalue weighted by Crippen LogP contribution is -2.02. The van der Waals surface area contributed by atoms with Crippen LogP contribution in [0.3, 0.4) is 0 Å². The Bertz CT molecular complexity index is 507. The van der Waals surface area contributed by atoms with Gasteiger partial charge in [0.1, 0.15) is 12.2 Å². The van der Waals surface area contributed by atoms with E-state index in [1.165, 1.54) is 4.90 Å². The van der Waals surface area contributed by atoms with E-state index in [9.17, 15) is 0 Å². The molecule has 0 bridgehead atoms. The summed E-state index contributed by atoms with van der Waals surface area (Å²) in [5.74, 6) is 1.82. The maximum atomic E-state index is 5.88. The molecular weight excluding hydrogens is 232 g/mol. The summed E-state index contributed by atoms with van der Waals surface area (Å²) in [7, 11) is 0. The maximum absolute atomic E-state index is 5.88. The van der Waals surface area contributed by atoms with Gasteiger partial charge >= 0.3 is 0 Å². The standard InChI is InChI=1S/C12H16N4S/c1-3-16-12(14-8-15-16)7-17-11-6-4-5-10(13)9(11)2/h4-6,8H,3,7,13H2,1-2H3. The van der Waals surface area contributed by atoms with Crippen LogP contribution in [0.15, 0.2) is 29.4 Å². The van der Waals surface area contributed by atoms with Crippen molar-refractivity contribution in [1.29, 1.82) is 0 Å². The van der Waals surface area contributed by atoms with Crippen LogP contribution >= 0.6 is 11.8 Å². The molecule has 0 amide bonds. The monoisotopic (exact) mass is 248 g/mol. The molecular formula is C12H16N4S. The van der Waals surface area contributed by atoms with E-state index in [4.69, 9.17) is 5.73 Å². The molecule has 0 saturated carbocycles. The Morgan fingerprint density at radius 3 is 3.00 bits per heavy atom. The number of aryl methyl sites for hydroxylation is 1. The predicted molar refractivity (Wildman–Crippen MR) is 70.8 cm³/mol. The zero-order valence-electron chi connectivity index (χ0n) is 10.1. The molecule has 0 spiro atoms. The highest BCUT2D eigenvalue weighted by molar-refractivity contribution is 7.98. The third-order valence-electron chi connectivity index (χ3n) is 2.68. The summed E-state index contributed by atoms with van der Waals surface area (Å²) in [4.78, 5) is 5.46. The number of hydrogen-bond donors (Lipinski definition) is 1. The number of nitrogen functional groups attached to an aromatic ring is 1. The number of nitrogens with zero attached hydrogens (tertiary/aromatic N) is 3. The van der Waals surface area contributed by atoms with Crippen molar-refractivity contribution in [3.05, 3.63) is 35.9 Å². The first-order chi connectivity index (χ1) is 8.22. The average molecular weight is 248 g/mol. The Kier molecular flexibility index (Phi) is 3.68. The fraction of sp³-hybridized carbons (Fsp3) is 0.333. The lowest BCUT2D eigenvalue weighted by molar-refractivity contribution is 0.632. The van der Waals surface area contributed by atoms with Crippen LogP contribution in [0.4, 0.5) is 5.69 Å². The van der Waals surface area contributed by atoms with Crippen molar-refractivity contribution in [1.82, 2.24) is 14.8 Å². The Hall–Kier alpha value is -1.49. The van der Waals surface area contributed by atoms with Crippen molar-refractivity contribution in [2.45, 2.75) is 31.0 Å². The van der Waals surface area contributed by atoms with E-state index in [-0.39, 0.29) is 0 Å². The second kappa shape index (κ2) is 5.23. The van der Waals surface area contributed by atoms with Gasteiger partial charge in [-0.3, -0.25) is 0 Å².